The van der Waals surface area contributed by atoms with Crippen LogP contribution >= 0.6 is 11.3 Å². The molecule has 0 bridgehead atoms. The zero-order valence-corrected chi connectivity index (χ0v) is 20.1. The minimum absolute atomic E-state index is 0.0541. The number of amides is 2. The van der Waals surface area contributed by atoms with Crippen LogP contribution in [0, 0.1) is 5.92 Å². The number of nitrogens with two attached hydrogens (primary N) is 2. The molecule has 0 aliphatic heterocycles. The molecular weight excluding hydrogens is 452 g/mol. The standard InChI is InChI=1S/C24H28N6O3S/c1-13(2)20(27-14(3)31)22(33)29-18(12-15-8-10-16(11-9-15)28-24(25)26)21(32)23-30-17-6-4-5-7-19(17)34-23/h4-11,13,18,20H,12H2,1-3H3,(H,27,31)(H,29,33)(H4,25,26,28)/t18?,20-/m0/s1. The third-order valence-electron chi connectivity index (χ3n) is 5.08. The van der Waals surface area contributed by atoms with E-state index in [0.29, 0.717) is 10.7 Å². The van der Waals surface area contributed by atoms with Crippen molar-refractivity contribution in [2.75, 3.05) is 0 Å². The summed E-state index contributed by atoms with van der Waals surface area (Å²) >= 11 is 1.28. The average molecular weight is 481 g/mol. The quantitative estimate of drug-likeness (QED) is 0.209. The maximum Gasteiger partial charge on any atom is 0.243 e. The number of ketones is 1. The van der Waals surface area contributed by atoms with Gasteiger partial charge in [0, 0.05) is 13.3 Å². The molecule has 3 aromatic rings. The van der Waals surface area contributed by atoms with Crippen molar-refractivity contribution in [1.29, 1.82) is 0 Å². The number of rotatable bonds is 9. The van der Waals surface area contributed by atoms with Crippen LogP contribution in [-0.2, 0) is 16.0 Å². The van der Waals surface area contributed by atoms with Gasteiger partial charge >= 0.3 is 0 Å². The molecule has 10 heteroatoms. The number of benzene rings is 2. The first kappa shape index (κ1) is 24.8. The van der Waals surface area contributed by atoms with Crippen LogP contribution in [-0.4, -0.2) is 40.6 Å². The Kier molecular flexibility index (Phi) is 7.95. The number of nitrogens with zero attached hydrogens (tertiary/aromatic N) is 2. The van der Waals surface area contributed by atoms with Gasteiger partial charge in [-0.3, -0.25) is 14.4 Å². The van der Waals surface area contributed by atoms with Gasteiger partial charge in [0.15, 0.2) is 11.0 Å². The van der Waals surface area contributed by atoms with Gasteiger partial charge in [0.25, 0.3) is 0 Å². The van der Waals surface area contributed by atoms with Crippen LogP contribution in [0.3, 0.4) is 0 Å². The molecule has 1 aromatic heterocycles. The zero-order valence-electron chi connectivity index (χ0n) is 19.2. The molecule has 1 unspecified atom stereocenters. The molecular formula is C24H28N6O3S. The van der Waals surface area contributed by atoms with Crippen molar-refractivity contribution in [2.24, 2.45) is 22.4 Å². The molecule has 0 aliphatic carbocycles. The van der Waals surface area contributed by atoms with Gasteiger partial charge in [-0.1, -0.05) is 38.1 Å². The fourth-order valence-corrected chi connectivity index (χ4v) is 4.40. The van der Waals surface area contributed by atoms with E-state index < -0.39 is 18.0 Å². The van der Waals surface area contributed by atoms with E-state index in [4.69, 9.17) is 11.5 Å². The van der Waals surface area contributed by atoms with Gasteiger partial charge in [-0.15, -0.1) is 11.3 Å². The molecule has 0 spiro atoms. The molecule has 9 nitrogen and oxygen atoms in total. The summed E-state index contributed by atoms with van der Waals surface area (Å²) in [6.45, 7) is 5.00. The highest BCUT2D eigenvalue weighted by Gasteiger charge is 2.30. The number of hydrogen-bond donors (Lipinski definition) is 4. The lowest BCUT2D eigenvalue weighted by molar-refractivity contribution is -0.129. The van der Waals surface area contributed by atoms with Gasteiger partial charge in [-0.2, -0.15) is 0 Å². The first-order valence-corrected chi connectivity index (χ1v) is 11.6. The molecule has 1 heterocycles. The maximum atomic E-state index is 13.5. The second kappa shape index (κ2) is 10.9. The van der Waals surface area contributed by atoms with Crippen LogP contribution in [0.25, 0.3) is 10.2 Å². The largest absolute Gasteiger partial charge is 0.370 e. The van der Waals surface area contributed by atoms with Crippen LogP contribution in [0.5, 0.6) is 0 Å². The van der Waals surface area contributed by atoms with Crippen molar-refractivity contribution in [2.45, 2.75) is 39.3 Å². The number of thiazole rings is 1. The molecule has 2 amide bonds. The van der Waals surface area contributed by atoms with E-state index >= 15 is 0 Å². The van der Waals surface area contributed by atoms with E-state index in [1.165, 1.54) is 18.3 Å². The molecule has 6 N–H and O–H groups in total. The number of Topliss-reactive ketones (excluding diaryl/α,β-unsaturated/α-hetero) is 1. The number of para-hydroxylation sites is 1. The number of fused-ring (bicyclic) bond motifs is 1. The van der Waals surface area contributed by atoms with Crippen molar-refractivity contribution in [1.82, 2.24) is 15.6 Å². The van der Waals surface area contributed by atoms with Crippen LogP contribution in [0.2, 0.25) is 0 Å². The minimum Gasteiger partial charge on any atom is -0.370 e. The van der Waals surface area contributed by atoms with Gasteiger partial charge in [0.1, 0.15) is 6.04 Å². The Bertz CT molecular complexity index is 1180. The smallest absolute Gasteiger partial charge is 0.243 e. The van der Waals surface area contributed by atoms with E-state index in [-0.39, 0.29) is 30.0 Å². The van der Waals surface area contributed by atoms with Crippen LogP contribution in [0.1, 0.15) is 36.1 Å². The average Bonchev–Trinajstić information content (AvgIpc) is 3.21. The first-order chi connectivity index (χ1) is 16.1. The fourth-order valence-electron chi connectivity index (χ4n) is 3.44. The number of aromatic nitrogens is 1. The summed E-state index contributed by atoms with van der Waals surface area (Å²) in [5.74, 6) is -1.27. The highest BCUT2D eigenvalue weighted by atomic mass is 32.1. The topological polar surface area (TPSA) is 153 Å². The van der Waals surface area contributed by atoms with Crippen molar-refractivity contribution < 1.29 is 14.4 Å². The molecule has 0 radical (unpaired) electrons. The molecule has 178 valence electrons. The Labute approximate surface area is 201 Å². The third-order valence-corrected chi connectivity index (χ3v) is 6.13. The van der Waals surface area contributed by atoms with E-state index in [2.05, 4.69) is 20.6 Å². The highest BCUT2D eigenvalue weighted by molar-refractivity contribution is 7.20. The van der Waals surface area contributed by atoms with E-state index in [9.17, 15) is 14.4 Å². The van der Waals surface area contributed by atoms with Gasteiger partial charge in [-0.25, -0.2) is 9.98 Å². The lowest BCUT2D eigenvalue weighted by Gasteiger charge is -2.24. The fraction of sp³-hybridized carbons (Fsp3) is 0.292. The Balaban J connectivity index is 1.89. The van der Waals surface area contributed by atoms with Gasteiger partial charge in [0.05, 0.1) is 21.9 Å². The van der Waals surface area contributed by atoms with Crippen molar-refractivity contribution in [3.8, 4) is 0 Å². The molecule has 0 fully saturated rings. The van der Waals surface area contributed by atoms with E-state index in [0.717, 1.165) is 15.8 Å². The number of carbonyl (C=O) groups is 3. The highest BCUT2D eigenvalue weighted by Crippen LogP contribution is 2.24. The van der Waals surface area contributed by atoms with Crippen LogP contribution in [0.15, 0.2) is 53.5 Å². The second-order valence-electron chi connectivity index (χ2n) is 8.24. The Morgan fingerprint density at radius 1 is 1.03 bits per heavy atom. The number of hydrogen-bond acceptors (Lipinski definition) is 6. The lowest BCUT2D eigenvalue weighted by atomic mass is 9.99. The first-order valence-electron chi connectivity index (χ1n) is 10.8. The normalized spacial score (nSPS) is 12.7. The van der Waals surface area contributed by atoms with E-state index in [1.807, 2.05) is 38.1 Å². The third kappa shape index (κ3) is 6.38. The van der Waals surface area contributed by atoms with Crippen molar-refractivity contribution >= 4 is 50.8 Å². The number of guanidine groups is 1. The number of aliphatic imine (C=N–C) groups is 1. The van der Waals surface area contributed by atoms with Gasteiger partial charge in [-0.05, 0) is 35.7 Å². The zero-order chi connectivity index (χ0) is 24.8. The van der Waals surface area contributed by atoms with Gasteiger partial charge in [0.2, 0.25) is 17.6 Å². The van der Waals surface area contributed by atoms with E-state index in [1.54, 1.807) is 24.3 Å². The van der Waals surface area contributed by atoms with Crippen LogP contribution < -0.4 is 22.1 Å². The number of carbonyl (C=O) groups excluding carboxylic acids is 3. The predicted octanol–water partition coefficient (Wildman–Crippen LogP) is 2.27. The Hall–Kier alpha value is -3.79. The summed E-state index contributed by atoms with van der Waals surface area (Å²) in [7, 11) is 0. The summed E-state index contributed by atoms with van der Waals surface area (Å²) in [5, 5.41) is 5.81. The Morgan fingerprint density at radius 3 is 2.29 bits per heavy atom. The second-order valence-corrected chi connectivity index (χ2v) is 9.27. The number of nitrogens with one attached hydrogen (secondary N) is 2. The minimum atomic E-state index is -0.878. The molecule has 2 atom stereocenters. The maximum absolute atomic E-state index is 13.5. The monoisotopic (exact) mass is 480 g/mol. The summed E-state index contributed by atoms with van der Waals surface area (Å²) in [6, 6.07) is 12.9. The molecule has 0 saturated carbocycles. The predicted molar refractivity (Wildman–Crippen MR) is 134 cm³/mol. The summed E-state index contributed by atoms with van der Waals surface area (Å²) < 4.78 is 0.885. The Morgan fingerprint density at radius 2 is 1.71 bits per heavy atom. The molecule has 34 heavy (non-hydrogen) atoms. The summed E-state index contributed by atoms with van der Waals surface area (Å²) in [5.41, 5.74) is 12.9. The molecule has 0 saturated heterocycles. The van der Waals surface area contributed by atoms with Crippen molar-refractivity contribution in [3.05, 3.63) is 59.1 Å². The van der Waals surface area contributed by atoms with Gasteiger partial charge < -0.3 is 22.1 Å². The lowest BCUT2D eigenvalue weighted by Crippen LogP contribution is -2.53. The van der Waals surface area contributed by atoms with Crippen molar-refractivity contribution in [3.63, 3.8) is 0 Å². The molecule has 0 aliphatic rings. The molecule has 3 rings (SSSR count). The molecule has 2 aromatic carbocycles. The summed E-state index contributed by atoms with van der Waals surface area (Å²) in [4.78, 5) is 46.6. The van der Waals surface area contributed by atoms with Crippen LogP contribution in [0.4, 0.5) is 5.69 Å². The summed E-state index contributed by atoms with van der Waals surface area (Å²) in [6.07, 6.45) is 0.230. The SMILES string of the molecule is CC(=O)N[C@H](C(=O)NC(Cc1ccc(N=C(N)N)cc1)C(=O)c1nc2ccccc2s1)C(C)C.